The number of rotatable bonds is 1. The van der Waals surface area contributed by atoms with E-state index in [1.165, 1.54) is 12.2 Å². The van der Waals surface area contributed by atoms with Crippen molar-refractivity contribution < 1.29 is 14.4 Å². The largest absolute Gasteiger partial charge is 0.358 e. The zero-order valence-corrected chi connectivity index (χ0v) is 8.61. The first-order valence-electron chi connectivity index (χ1n) is 4.83. The van der Waals surface area contributed by atoms with Crippen LogP contribution in [0.15, 0.2) is 23.4 Å². The van der Waals surface area contributed by atoms with Crippen LogP contribution in [-0.2, 0) is 14.4 Å². The number of hydrogen-bond donors (Lipinski definition) is 0. The minimum Gasteiger partial charge on any atom is -0.358 e. The Hall–Kier alpha value is -1.71. The van der Waals surface area contributed by atoms with Gasteiger partial charge in [-0.25, -0.2) is 0 Å². The van der Waals surface area contributed by atoms with Crippen molar-refractivity contribution >= 4 is 17.3 Å². The Kier molecular flexibility index (Phi) is 2.07. The Morgan fingerprint density at radius 1 is 1.20 bits per heavy atom. The molecule has 0 N–H and O–H groups in total. The van der Waals surface area contributed by atoms with Crippen LogP contribution in [-0.4, -0.2) is 34.8 Å². The van der Waals surface area contributed by atoms with E-state index in [2.05, 4.69) is 0 Å². The summed E-state index contributed by atoms with van der Waals surface area (Å²) < 4.78 is 0. The minimum atomic E-state index is -0.563. The Bertz CT molecular complexity index is 429. The molecule has 2 aliphatic rings. The van der Waals surface area contributed by atoms with Crippen molar-refractivity contribution in [1.82, 2.24) is 4.90 Å². The summed E-state index contributed by atoms with van der Waals surface area (Å²) in [4.78, 5) is 36.1. The van der Waals surface area contributed by atoms with Crippen LogP contribution >= 0.6 is 0 Å². The molecule has 1 aliphatic carbocycles. The zero-order valence-electron chi connectivity index (χ0n) is 8.61. The van der Waals surface area contributed by atoms with Crippen LogP contribution in [0, 0.1) is 0 Å². The van der Waals surface area contributed by atoms with Crippen molar-refractivity contribution in [2.75, 3.05) is 6.54 Å². The van der Waals surface area contributed by atoms with Crippen LogP contribution in [0.3, 0.4) is 0 Å². The molecule has 0 bridgehead atoms. The number of hydrogen-bond acceptors (Lipinski definition) is 4. The van der Waals surface area contributed by atoms with Crippen LogP contribution in [0.5, 0.6) is 0 Å². The van der Waals surface area contributed by atoms with E-state index >= 15 is 0 Å². The van der Waals surface area contributed by atoms with Gasteiger partial charge in [-0.2, -0.15) is 0 Å². The van der Waals surface area contributed by atoms with Crippen LogP contribution < -0.4 is 0 Å². The molecule has 4 nitrogen and oxygen atoms in total. The second kappa shape index (κ2) is 3.15. The SMILES string of the molecule is CC(C)N1CC(=O)C2=C1C(=O)C(=O)C=C2. The average Bonchev–Trinajstić information content (AvgIpc) is 2.50. The molecule has 0 aromatic heterocycles. The molecule has 15 heavy (non-hydrogen) atoms. The molecule has 78 valence electrons. The third-order valence-electron chi connectivity index (χ3n) is 2.62. The van der Waals surface area contributed by atoms with E-state index in [0.717, 1.165) is 0 Å². The molecule has 1 aliphatic heterocycles. The molecule has 0 atom stereocenters. The quantitative estimate of drug-likeness (QED) is 0.454. The highest BCUT2D eigenvalue weighted by Crippen LogP contribution is 2.27. The standard InChI is InChI=1S/C11H11NO3/c1-6(2)12-5-9(14)7-3-4-8(13)11(15)10(7)12/h3-4,6H,5H2,1-2H3. The number of nitrogens with zero attached hydrogens (tertiary/aromatic N) is 1. The number of ketones is 3. The molecule has 0 aromatic rings. The third kappa shape index (κ3) is 1.33. The maximum atomic E-state index is 11.6. The van der Waals surface area contributed by atoms with E-state index in [0.29, 0.717) is 5.57 Å². The molecule has 0 amide bonds. The van der Waals surface area contributed by atoms with Gasteiger partial charge in [0.2, 0.25) is 11.6 Å². The van der Waals surface area contributed by atoms with Crippen LogP contribution in [0.2, 0.25) is 0 Å². The Morgan fingerprint density at radius 2 is 1.87 bits per heavy atom. The van der Waals surface area contributed by atoms with Gasteiger partial charge in [-0.1, -0.05) is 0 Å². The van der Waals surface area contributed by atoms with Gasteiger partial charge in [0.25, 0.3) is 0 Å². The highest BCUT2D eigenvalue weighted by Gasteiger charge is 2.38. The molecule has 0 aromatic carbocycles. The van der Waals surface area contributed by atoms with Crippen molar-refractivity contribution in [2.45, 2.75) is 19.9 Å². The van der Waals surface area contributed by atoms with E-state index in [-0.39, 0.29) is 24.1 Å². The van der Waals surface area contributed by atoms with Crippen molar-refractivity contribution in [2.24, 2.45) is 0 Å². The molecule has 0 saturated carbocycles. The summed E-state index contributed by atoms with van der Waals surface area (Å²) in [5, 5.41) is 0. The van der Waals surface area contributed by atoms with Gasteiger partial charge >= 0.3 is 0 Å². The number of carbonyl (C=O) groups is 3. The van der Waals surface area contributed by atoms with Crippen molar-refractivity contribution in [1.29, 1.82) is 0 Å². The summed E-state index contributed by atoms with van der Waals surface area (Å²) >= 11 is 0. The lowest BCUT2D eigenvalue weighted by atomic mass is 10.0. The van der Waals surface area contributed by atoms with Gasteiger partial charge in [0, 0.05) is 11.6 Å². The highest BCUT2D eigenvalue weighted by molar-refractivity contribution is 6.49. The molecule has 0 saturated heterocycles. The monoisotopic (exact) mass is 205 g/mol. The smallest absolute Gasteiger partial charge is 0.249 e. The summed E-state index contributed by atoms with van der Waals surface area (Å²) in [6.45, 7) is 3.98. The molecule has 0 unspecified atom stereocenters. The van der Waals surface area contributed by atoms with Gasteiger partial charge in [0.05, 0.1) is 6.54 Å². The summed E-state index contributed by atoms with van der Waals surface area (Å²) in [6, 6.07) is 0.0460. The predicted octanol–water partition coefficient (Wildman–Crippen LogP) is 0.242. The number of allylic oxidation sites excluding steroid dienone is 3. The lowest BCUT2D eigenvalue weighted by Gasteiger charge is -2.24. The van der Waals surface area contributed by atoms with Crippen LogP contribution in [0.1, 0.15) is 13.8 Å². The molecule has 2 rings (SSSR count). The first-order chi connectivity index (χ1) is 7.02. The maximum absolute atomic E-state index is 11.6. The molecular weight excluding hydrogens is 194 g/mol. The van der Waals surface area contributed by atoms with Crippen molar-refractivity contribution in [3.05, 3.63) is 23.4 Å². The predicted molar refractivity (Wildman–Crippen MR) is 53.0 cm³/mol. The molecule has 0 fully saturated rings. The fourth-order valence-electron chi connectivity index (χ4n) is 1.82. The second-order valence-corrected chi connectivity index (χ2v) is 3.93. The van der Waals surface area contributed by atoms with Gasteiger partial charge in [-0.05, 0) is 26.0 Å². The normalized spacial score (nSPS) is 20.7. The molecule has 4 heteroatoms. The first kappa shape index (κ1) is 9.83. The third-order valence-corrected chi connectivity index (χ3v) is 2.62. The van der Waals surface area contributed by atoms with Crippen molar-refractivity contribution in [3.63, 3.8) is 0 Å². The zero-order chi connectivity index (χ0) is 11.2. The summed E-state index contributed by atoms with van der Waals surface area (Å²) in [5.41, 5.74) is 0.663. The van der Waals surface area contributed by atoms with Crippen molar-refractivity contribution in [3.8, 4) is 0 Å². The van der Waals surface area contributed by atoms with Gasteiger partial charge in [0.15, 0.2) is 5.78 Å². The Labute approximate surface area is 87.2 Å². The summed E-state index contributed by atoms with van der Waals surface area (Å²) in [5.74, 6) is -1.20. The minimum absolute atomic E-state index is 0.0460. The van der Waals surface area contributed by atoms with E-state index in [1.807, 2.05) is 13.8 Å². The van der Waals surface area contributed by atoms with Crippen LogP contribution in [0.25, 0.3) is 0 Å². The molecule has 0 radical (unpaired) electrons. The topological polar surface area (TPSA) is 54.5 Å². The van der Waals surface area contributed by atoms with Gasteiger partial charge in [0.1, 0.15) is 5.70 Å². The lowest BCUT2D eigenvalue weighted by molar-refractivity contribution is -0.132. The van der Waals surface area contributed by atoms with E-state index in [4.69, 9.17) is 0 Å². The highest BCUT2D eigenvalue weighted by atomic mass is 16.2. The molecule has 0 spiro atoms. The second-order valence-electron chi connectivity index (χ2n) is 3.93. The Balaban J connectivity index is 2.51. The lowest BCUT2D eigenvalue weighted by Crippen LogP contribution is -2.34. The van der Waals surface area contributed by atoms with Crippen LogP contribution in [0.4, 0.5) is 0 Å². The van der Waals surface area contributed by atoms with Gasteiger partial charge in [-0.15, -0.1) is 0 Å². The summed E-state index contributed by atoms with van der Waals surface area (Å²) in [7, 11) is 0. The van der Waals surface area contributed by atoms with Gasteiger partial charge < -0.3 is 4.90 Å². The summed E-state index contributed by atoms with van der Waals surface area (Å²) in [6.07, 6.45) is 2.62. The van der Waals surface area contributed by atoms with E-state index in [9.17, 15) is 14.4 Å². The average molecular weight is 205 g/mol. The number of carbonyl (C=O) groups excluding carboxylic acids is 3. The van der Waals surface area contributed by atoms with E-state index < -0.39 is 11.6 Å². The molecule has 1 heterocycles. The fourth-order valence-corrected chi connectivity index (χ4v) is 1.82. The van der Waals surface area contributed by atoms with Gasteiger partial charge in [-0.3, -0.25) is 14.4 Å². The first-order valence-corrected chi connectivity index (χ1v) is 4.83. The Morgan fingerprint density at radius 3 is 2.47 bits per heavy atom. The maximum Gasteiger partial charge on any atom is 0.249 e. The molecular formula is C11H11NO3. The number of Topliss-reactive ketones (excluding diaryl/α,β-unsaturated/α-hetero) is 2. The fraction of sp³-hybridized carbons (Fsp3) is 0.364. The van der Waals surface area contributed by atoms with E-state index in [1.54, 1.807) is 4.90 Å².